The van der Waals surface area contributed by atoms with Gasteiger partial charge in [-0.25, -0.2) is 0 Å². The summed E-state index contributed by atoms with van der Waals surface area (Å²) >= 11 is 6.06. The van der Waals surface area contributed by atoms with Gasteiger partial charge in [0.25, 0.3) is 5.91 Å². The third kappa shape index (κ3) is 4.08. The van der Waals surface area contributed by atoms with Crippen LogP contribution in [0.5, 0.6) is 11.5 Å². The van der Waals surface area contributed by atoms with E-state index in [0.29, 0.717) is 33.5 Å². The van der Waals surface area contributed by atoms with Crippen molar-refractivity contribution in [3.63, 3.8) is 0 Å². The normalized spacial score (nSPS) is 10.3. The lowest BCUT2D eigenvalue weighted by Crippen LogP contribution is -2.12. The largest absolute Gasteiger partial charge is 0.456 e. The molecule has 3 aromatic rings. The number of Topliss-reactive ketones (excluding diaryl/α,β-unsaturated/α-hetero) is 1. The highest BCUT2D eigenvalue weighted by Crippen LogP contribution is 2.29. The lowest BCUT2D eigenvalue weighted by atomic mass is 10.2. The van der Waals surface area contributed by atoms with E-state index in [9.17, 15) is 9.59 Å². The number of carbonyl (C=O) groups is 2. The minimum atomic E-state index is -0.327. The number of hydrogen-bond acceptors (Lipinski definition) is 3. The molecule has 2 aromatic carbocycles. The Morgan fingerprint density at radius 1 is 1.08 bits per heavy atom. The quantitative estimate of drug-likeness (QED) is 0.639. The fraction of sp³-hybridized carbons (Fsp3) is 0.0526. The van der Waals surface area contributed by atoms with Crippen LogP contribution in [0.3, 0.4) is 0 Å². The van der Waals surface area contributed by atoms with Crippen LogP contribution in [0, 0.1) is 0 Å². The number of halogens is 1. The van der Waals surface area contributed by atoms with Crippen molar-refractivity contribution < 1.29 is 14.3 Å². The first-order chi connectivity index (χ1) is 12.0. The molecule has 2 N–H and O–H groups in total. The number of anilines is 1. The van der Waals surface area contributed by atoms with Crippen molar-refractivity contribution in [2.75, 3.05) is 5.32 Å². The number of carbonyl (C=O) groups excluding carboxylic acids is 2. The van der Waals surface area contributed by atoms with Crippen LogP contribution in [0.15, 0.2) is 60.8 Å². The molecule has 5 nitrogen and oxygen atoms in total. The van der Waals surface area contributed by atoms with Crippen LogP contribution in [0.4, 0.5) is 5.69 Å². The minimum absolute atomic E-state index is 0.101. The maximum Gasteiger partial charge on any atom is 0.272 e. The zero-order chi connectivity index (χ0) is 17.8. The van der Waals surface area contributed by atoms with Gasteiger partial charge in [-0.1, -0.05) is 23.7 Å². The van der Waals surface area contributed by atoms with Crippen LogP contribution in [0.2, 0.25) is 5.02 Å². The first kappa shape index (κ1) is 16.8. The second-order valence-electron chi connectivity index (χ2n) is 5.37. The molecule has 0 spiro atoms. The first-order valence-corrected chi connectivity index (χ1v) is 7.94. The van der Waals surface area contributed by atoms with Crippen molar-refractivity contribution in [1.29, 1.82) is 0 Å². The highest BCUT2D eigenvalue weighted by molar-refractivity contribution is 6.32. The van der Waals surface area contributed by atoms with Crippen LogP contribution in [0.1, 0.15) is 27.8 Å². The van der Waals surface area contributed by atoms with Gasteiger partial charge >= 0.3 is 0 Å². The third-order valence-corrected chi connectivity index (χ3v) is 3.82. The minimum Gasteiger partial charge on any atom is -0.456 e. The molecule has 0 saturated heterocycles. The van der Waals surface area contributed by atoms with Crippen LogP contribution in [-0.2, 0) is 0 Å². The van der Waals surface area contributed by atoms with Crippen LogP contribution >= 0.6 is 11.6 Å². The van der Waals surface area contributed by atoms with Crippen LogP contribution < -0.4 is 10.1 Å². The molecule has 0 atom stereocenters. The van der Waals surface area contributed by atoms with Gasteiger partial charge in [-0.05, 0) is 49.4 Å². The van der Waals surface area contributed by atoms with Gasteiger partial charge < -0.3 is 15.0 Å². The summed E-state index contributed by atoms with van der Waals surface area (Å²) in [4.78, 5) is 26.2. The molecule has 0 saturated carbocycles. The molecule has 25 heavy (non-hydrogen) atoms. The Kier molecular flexibility index (Phi) is 4.86. The van der Waals surface area contributed by atoms with Gasteiger partial charge in [0.05, 0.1) is 5.02 Å². The molecular weight excluding hydrogens is 340 g/mol. The zero-order valence-electron chi connectivity index (χ0n) is 13.4. The van der Waals surface area contributed by atoms with Crippen molar-refractivity contribution >= 4 is 29.0 Å². The van der Waals surface area contributed by atoms with E-state index in [4.69, 9.17) is 16.3 Å². The fourth-order valence-corrected chi connectivity index (χ4v) is 2.36. The first-order valence-electron chi connectivity index (χ1n) is 7.56. The Balaban J connectivity index is 1.67. The molecule has 1 heterocycles. The van der Waals surface area contributed by atoms with Crippen molar-refractivity contribution in [2.24, 2.45) is 0 Å². The lowest BCUT2D eigenvalue weighted by Gasteiger charge is -2.08. The summed E-state index contributed by atoms with van der Waals surface area (Å²) in [6.45, 7) is 1.45. The molecule has 0 aliphatic heterocycles. The Morgan fingerprint density at radius 2 is 1.80 bits per heavy atom. The number of amides is 1. The Bertz CT molecular complexity index is 916. The molecule has 0 aliphatic carbocycles. The molecule has 0 unspecified atom stereocenters. The van der Waals surface area contributed by atoms with Crippen molar-refractivity contribution in [1.82, 2.24) is 4.98 Å². The SMILES string of the molecule is CC(=O)c1c[nH]c(C(=O)Nc2ccc(Oc3ccccc3Cl)cc2)c1. The van der Waals surface area contributed by atoms with Gasteiger partial charge in [-0.15, -0.1) is 0 Å². The van der Waals surface area contributed by atoms with Gasteiger partial charge in [-0.3, -0.25) is 9.59 Å². The van der Waals surface area contributed by atoms with Gasteiger partial charge in [0, 0.05) is 17.4 Å². The van der Waals surface area contributed by atoms with Crippen molar-refractivity contribution in [3.05, 3.63) is 77.1 Å². The molecule has 0 bridgehead atoms. The van der Waals surface area contributed by atoms with Gasteiger partial charge in [0.2, 0.25) is 0 Å². The Labute approximate surface area is 149 Å². The molecule has 0 aliphatic rings. The monoisotopic (exact) mass is 354 g/mol. The summed E-state index contributed by atoms with van der Waals surface area (Å²) in [5.41, 5.74) is 1.39. The van der Waals surface area contributed by atoms with E-state index in [1.807, 2.05) is 12.1 Å². The average Bonchev–Trinajstić information content (AvgIpc) is 3.09. The molecule has 0 fully saturated rings. The number of para-hydroxylation sites is 1. The molecule has 1 aromatic heterocycles. The van der Waals surface area contributed by atoms with E-state index in [1.54, 1.807) is 36.4 Å². The fourth-order valence-electron chi connectivity index (χ4n) is 2.19. The number of benzene rings is 2. The molecule has 3 rings (SSSR count). The van der Waals surface area contributed by atoms with E-state index in [2.05, 4.69) is 10.3 Å². The topological polar surface area (TPSA) is 71.2 Å². The number of H-pyrrole nitrogens is 1. The van der Waals surface area contributed by atoms with Crippen molar-refractivity contribution in [2.45, 2.75) is 6.92 Å². The third-order valence-electron chi connectivity index (χ3n) is 3.51. The highest BCUT2D eigenvalue weighted by Gasteiger charge is 2.11. The summed E-state index contributed by atoms with van der Waals surface area (Å²) in [6, 6.07) is 15.6. The van der Waals surface area contributed by atoms with E-state index in [-0.39, 0.29) is 11.7 Å². The summed E-state index contributed by atoms with van der Waals surface area (Å²) in [6.07, 6.45) is 1.51. The predicted molar refractivity (Wildman–Crippen MR) is 96.7 cm³/mol. The number of nitrogens with one attached hydrogen (secondary N) is 2. The zero-order valence-corrected chi connectivity index (χ0v) is 14.1. The average molecular weight is 355 g/mol. The van der Waals surface area contributed by atoms with Crippen LogP contribution in [0.25, 0.3) is 0 Å². The summed E-state index contributed by atoms with van der Waals surface area (Å²) < 4.78 is 5.70. The number of ketones is 1. The van der Waals surface area contributed by atoms with Gasteiger partial charge in [0.15, 0.2) is 5.78 Å². The maximum atomic E-state index is 12.2. The molecule has 126 valence electrons. The Hall–Kier alpha value is -3.05. The number of aromatic nitrogens is 1. The van der Waals surface area contributed by atoms with Gasteiger partial charge in [0.1, 0.15) is 17.2 Å². The second-order valence-corrected chi connectivity index (χ2v) is 5.78. The number of aromatic amines is 1. The predicted octanol–water partition coefficient (Wildman–Crippen LogP) is 4.92. The highest BCUT2D eigenvalue weighted by atomic mass is 35.5. The molecular formula is C19H15ClN2O3. The summed E-state index contributed by atoms with van der Waals surface area (Å²) in [7, 11) is 0. The smallest absolute Gasteiger partial charge is 0.272 e. The summed E-state index contributed by atoms with van der Waals surface area (Å²) in [5.74, 6) is 0.734. The number of hydrogen-bond donors (Lipinski definition) is 2. The second kappa shape index (κ2) is 7.23. The number of rotatable bonds is 5. The molecule has 6 heteroatoms. The number of ether oxygens (including phenoxy) is 1. The van der Waals surface area contributed by atoms with Crippen molar-refractivity contribution in [3.8, 4) is 11.5 Å². The van der Waals surface area contributed by atoms with E-state index >= 15 is 0 Å². The van der Waals surface area contributed by atoms with E-state index < -0.39 is 0 Å². The summed E-state index contributed by atoms with van der Waals surface area (Å²) in [5, 5.41) is 3.27. The van der Waals surface area contributed by atoms with Crippen LogP contribution in [-0.4, -0.2) is 16.7 Å². The lowest BCUT2D eigenvalue weighted by molar-refractivity contribution is 0.101. The maximum absolute atomic E-state index is 12.2. The Morgan fingerprint density at radius 3 is 2.44 bits per heavy atom. The van der Waals surface area contributed by atoms with E-state index in [0.717, 1.165) is 0 Å². The van der Waals surface area contributed by atoms with E-state index in [1.165, 1.54) is 19.2 Å². The van der Waals surface area contributed by atoms with Gasteiger partial charge in [-0.2, -0.15) is 0 Å². The molecule has 1 amide bonds. The standard InChI is InChI=1S/C19H15ClN2O3/c1-12(23)13-10-17(21-11-13)19(24)22-14-6-8-15(9-7-14)25-18-5-3-2-4-16(18)20/h2-11,21H,1H3,(H,22,24). The molecule has 0 radical (unpaired) electrons.